The minimum Gasteiger partial charge on any atom is -0.370 e. The smallest absolute Gasteiger partial charge is 0.261 e. The number of fused-ring (bicyclic) bond motifs is 1. The number of carbonyl (C=O) groups excluding carboxylic acids is 1. The summed E-state index contributed by atoms with van der Waals surface area (Å²) in [6.45, 7) is 1.78. The normalized spacial score (nSPS) is 17.0. The van der Waals surface area contributed by atoms with Gasteiger partial charge in [0.05, 0.1) is 22.7 Å². The van der Waals surface area contributed by atoms with Gasteiger partial charge in [0.25, 0.3) is 10.0 Å². The minimum atomic E-state index is -3.81. The molecule has 2 aliphatic rings. The van der Waals surface area contributed by atoms with Gasteiger partial charge in [0, 0.05) is 23.8 Å². The Bertz CT molecular complexity index is 1020. The molecule has 2 aromatic carbocycles. The van der Waals surface area contributed by atoms with Gasteiger partial charge in [-0.25, -0.2) is 8.42 Å². The first kappa shape index (κ1) is 19.1. The Kier molecular flexibility index (Phi) is 5.21. The number of amides is 1. The highest BCUT2D eigenvalue weighted by molar-refractivity contribution is 7.92. The lowest BCUT2D eigenvalue weighted by molar-refractivity contribution is -0.115. The molecular weight excluding hydrogens is 398 g/mol. The second kappa shape index (κ2) is 7.64. The van der Waals surface area contributed by atoms with E-state index in [0.717, 1.165) is 31.6 Å². The molecule has 0 aliphatic carbocycles. The van der Waals surface area contributed by atoms with Crippen LogP contribution in [-0.2, 0) is 21.2 Å². The Morgan fingerprint density at radius 2 is 1.75 bits per heavy atom. The van der Waals surface area contributed by atoms with Crippen molar-refractivity contribution in [3.8, 4) is 0 Å². The van der Waals surface area contributed by atoms with Gasteiger partial charge in [-0.05, 0) is 54.8 Å². The largest absolute Gasteiger partial charge is 0.370 e. The summed E-state index contributed by atoms with van der Waals surface area (Å²) in [6.07, 6.45) is 4.73. The second-order valence-corrected chi connectivity index (χ2v) is 9.33. The molecule has 1 fully saturated rings. The van der Waals surface area contributed by atoms with E-state index in [1.54, 1.807) is 24.3 Å². The molecule has 6 nitrogen and oxygen atoms in total. The van der Waals surface area contributed by atoms with Crippen molar-refractivity contribution in [1.29, 1.82) is 0 Å². The van der Waals surface area contributed by atoms with E-state index in [4.69, 9.17) is 11.6 Å². The highest BCUT2D eigenvalue weighted by atomic mass is 35.5. The molecule has 8 heteroatoms. The van der Waals surface area contributed by atoms with Crippen LogP contribution in [0.3, 0.4) is 0 Å². The van der Waals surface area contributed by atoms with Crippen molar-refractivity contribution in [1.82, 2.24) is 0 Å². The number of nitrogens with one attached hydrogen (secondary N) is 2. The van der Waals surface area contributed by atoms with E-state index in [9.17, 15) is 13.2 Å². The van der Waals surface area contributed by atoms with Crippen LogP contribution >= 0.6 is 11.6 Å². The minimum absolute atomic E-state index is 0.129. The number of sulfonamides is 1. The van der Waals surface area contributed by atoms with E-state index in [2.05, 4.69) is 14.9 Å². The molecule has 28 heavy (non-hydrogen) atoms. The highest BCUT2D eigenvalue weighted by Crippen LogP contribution is 2.33. The molecule has 2 aromatic rings. The number of halogens is 1. The van der Waals surface area contributed by atoms with Crippen molar-refractivity contribution in [2.45, 2.75) is 37.0 Å². The fraction of sp³-hybridized carbons (Fsp3) is 0.350. The van der Waals surface area contributed by atoms with E-state index < -0.39 is 10.0 Å². The first-order valence-corrected chi connectivity index (χ1v) is 11.3. The third-order valence-electron chi connectivity index (χ3n) is 5.16. The molecule has 2 aliphatic heterocycles. The summed E-state index contributed by atoms with van der Waals surface area (Å²) in [5, 5.41) is 3.19. The van der Waals surface area contributed by atoms with Crippen molar-refractivity contribution < 1.29 is 13.2 Å². The Labute approximate surface area is 169 Å². The summed E-state index contributed by atoms with van der Waals surface area (Å²) >= 11 is 6.16. The summed E-state index contributed by atoms with van der Waals surface area (Å²) in [4.78, 5) is 13.9. The highest BCUT2D eigenvalue weighted by Gasteiger charge is 2.23. The van der Waals surface area contributed by atoms with Crippen LogP contribution in [0.4, 0.5) is 17.1 Å². The van der Waals surface area contributed by atoms with Crippen LogP contribution in [0.2, 0.25) is 5.02 Å². The molecule has 4 rings (SSSR count). The van der Waals surface area contributed by atoms with E-state index >= 15 is 0 Å². The van der Waals surface area contributed by atoms with E-state index in [-0.39, 0.29) is 17.2 Å². The van der Waals surface area contributed by atoms with Gasteiger partial charge < -0.3 is 10.2 Å². The van der Waals surface area contributed by atoms with Gasteiger partial charge in [0.15, 0.2) is 0 Å². The number of anilines is 3. The fourth-order valence-electron chi connectivity index (χ4n) is 3.75. The average molecular weight is 420 g/mol. The van der Waals surface area contributed by atoms with Crippen LogP contribution in [0.5, 0.6) is 0 Å². The molecule has 148 valence electrons. The Hall–Kier alpha value is -2.25. The van der Waals surface area contributed by atoms with E-state index in [1.165, 1.54) is 18.9 Å². The molecule has 0 atom stereocenters. The SMILES string of the molecule is O=C1Cc2cc(S(=O)(=O)Nc3cc(Cl)ccc3N3CCCCCC3)ccc2N1. The molecule has 0 aromatic heterocycles. The Morgan fingerprint density at radius 3 is 2.50 bits per heavy atom. The molecule has 0 saturated carbocycles. The van der Waals surface area contributed by atoms with Crippen molar-refractivity contribution in [2.75, 3.05) is 28.0 Å². The predicted octanol–water partition coefficient (Wildman–Crippen LogP) is 4.02. The maximum absolute atomic E-state index is 13.0. The lowest BCUT2D eigenvalue weighted by Gasteiger charge is -2.26. The van der Waals surface area contributed by atoms with Crippen molar-refractivity contribution in [3.05, 3.63) is 47.0 Å². The Morgan fingerprint density at radius 1 is 1.00 bits per heavy atom. The zero-order valence-corrected chi connectivity index (χ0v) is 16.9. The first-order valence-electron chi connectivity index (χ1n) is 9.42. The lowest BCUT2D eigenvalue weighted by Crippen LogP contribution is -2.25. The van der Waals surface area contributed by atoms with Crippen LogP contribution in [0.25, 0.3) is 0 Å². The van der Waals surface area contributed by atoms with Crippen LogP contribution in [-0.4, -0.2) is 27.4 Å². The first-order chi connectivity index (χ1) is 13.4. The molecule has 0 spiro atoms. The van der Waals surface area contributed by atoms with Crippen LogP contribution < -0.4 is 14.9 Å². The summed E-state index contributed by atoms with van der Waals surface area (Å²) in [7, 11) is -3.81. The lowest BCUT2D eigenvalue weighted by atomic mass is 10.2. The Balaban J connectivity index is 1.65. The van der Waals surface area contributed by atoms with Gasteiger partial charge in [0.1, 0.15) is 0 Å². The van der Waals surface area contributed by atoms with Crippen LogP contribution in [0.15, 0.2) is 41.3 Å². The summed E-state index contributed by atoms with van der Waals surface area (Å²) < 4.78 is 28.7. The van der Waals surface area contributed by atoms with E-state index in [1.807, 2.05) is 6.07 Å². The summed E-state index contributed by atoms with van der Waals surface area (Å²) in [5.41, 5.74) is 2.67. The van der Waals surface area contributed by atoms with Crippen molar-refractivity contribution in [2.24, 2.45) is 0 Å². The van der Waals surface area contributed by atoms with Crippen LogP contribution in [0, 0.1) is 0 Å². The topological polar surface area (TPSA) is 78.5 Å². The molecule has 0 unspecified atom stereocenters. The van der Waals surface area contributed by atoms with Crippen molar-refractivity contribution in [3.63, 3.8) is 0 Å². The number of nitrogens with zero attached hydrogens (tertiary/aromatic N) is 1. The summed E-state index contributed by atoms with van der Waals surface area (Å²) in [6, 6.07) is 9.98. The second-order valence-electron chi connectivity index (χ2n) is 7.21. The van der Waals surface area contributed by atoms with Gasteiger partial charge in [0.2, 0.25) is 5.91 Å². The van der Waals surface area contributed by atoms with Gasteiger partial charge >= 0.3 is 0 Å². The zero-order chi connectivity index (χ0) is 19.7. The number of benzene rings is 2. The van der Waals surface area contributed by atoms with Crippen molar-refractivity contribution >= 4 is 44.6 Å². The number of hydrogen-bond donors (Lipinski definition) is 2. The van der Waals surface area contributed by atoms with Crippen LogP contribution in [0.1, 0.15) is 31.2 Å². The van der Waals surface area contributed by atoms with Gasteiger partial charge in [-0.3, -0.25) is 9.52 Å². The number of carbonyl (C=O) groups is 1. The molecule has 2 heterocycles. The average Bonchev–Trinajstić information content (AvgIpc) is 2.83. The van der Waals surface area contributed by atoms with Gasteiger partial charge in [-0.2, -0.15) is 0 Å². The summed E-state index contributed by atoms with van der Waals surface area (Å²) in [5.74, 6) is -0.129. The maximum atomic E-state index is 13.0. The molecule has 0 bridgehead atoms. The third kappa shape index (κ3) is 3.95. The molecule has 2 N–H and O–H groups in total. The standard InChI is InChI=1S/C20H22ClN3O3S/c21-15-5-8-19(24-9-3-1-2-4-10-24)18(13-15)23-28(26,27)16-6-7-17-14(11-16)12-20(25)22-17/h5-8,11,13,23H,1-4,9-10,12H2,(H,22,25). The van der Waals surface area contributed by atoms with Gasteiger partial charge in [-0.1, -0.05) is 24.4 Å². The monoisotopic (exact) mass is 419 g/mol. The zero-order valence-electron chi connectivity index (χ0n) is 15.4. The molecule has 1 amide bonds. The quantitative estimate of drug-likeness (QED) is 0.784. The molecule has 1 saturated heterocycles. The van der Waals surface area contributed by atoms with E-state index in [0.29, 0.717) is 22.0 Å². The number of hydrogen-bond acceptors (Lipinski definition) is 4. The molecular formula is C20H22ClN3O3S. The fourth-order valence-corrected chi connectivity index (χ4v) is 5.04. The predicted molar refractivity (Wildman–Crippen MR) is 112 cm³/mol. The maximum Gasteiger partial charge on any atom is 0.261 e. The number of rotatable bonds is 4. The third-order valence-corrected chi connectivity index (χ3v) is 6.76. The molecule has 0 radical (unpaired) electrons. The van der Waals surface area contributed by atoms with Gasteiger partial charge in [-0.15, -0.1) is 0 Å².